The third-order valence-electron chi connectivity index (χ3n) is 5.00. The molecule has 4 rings (SSSR count). The number of carbonyl (C=O) groups excluding carboxylic acids is 4. The molecule has 0 unspecified atom stereocenters. The monoisotopic (exact) mass is 498 g/mol. The van der Waals surface area contributed by atoms with Gasteiger partial charge in [-0.1, -0.05) is 35.3 Å². The molecule has 0 N–H and O–H groups in total. The average molecular weight is 499 g/mol. The fourth-order valence-corrected chi connectivity index (χ4v) is 3.61. The smallest absolute Gasteiger partial charge is 0.338 e. The van der Waals surface area contributed by atoms with Gasteiger partial charge in [-0.2, -0.15) is 0 Å². The molecule has 1 aliphatic rings. The van der Waals surface area contributed by atoms with E-state index in [-0.39, 0.29) is 43.7 Å². The Balaban J connectivity index is 1.50. The second kappa shape index (κ2) is 9.05. The minimum atomic E-state index is -0.908. The molecule has 11 heteroatoms. The summed E-state index contributed by atoms with van der Waals surface area (Å²) in [5.41, 5.74) is -0.0367. The minimum absolute atomic E-state index is 0.00833. The Kier molecular flexibility index (Phi) is 6.14. The summed E-state index contributed by atoms with van der Waals surface area (Å²) in [6, 6.07) is 13.1. The summed E-state index contributed by atoms with van der Waals surface area (Å²) >= 11 is 11.9. The molecule has 0 aliphatic carbocycles. The van der Waals surface area contributed by atoms with Crippen LogP contribution < -0.4 is 4.90 Å². The summed E-state index contributed by atoms with van der Waals surface area (Å²) in [5, 5.41) is 11.3. The van der Waals surface area contributed by atoms with Crippen molar-refractivity contribution in [3.8, 4) is 0 Å². The van der Waals surface area contributed by atoms with Gasteiger partial charge in [-0.05, 0) is 36.4 Å². The Bertz CT molecular complexity index is 1400. The lowest BCUT2D eigenvalue weighted by atomic mass is 10.1. The zero-order chi connectivity index (χ0) is 24.6. The summed E-state index contributed by atoms with van der Waals surface area (Å²) < 4.78 is 5.01. The highest BCUT2D eigenvalue weighted by Gasteiger charge is 2.37. The molecule has 0 saturated carbocycles. The van der Waals surface area contributed by atoms with Crippen LogP contribution in [0.5, 0.6) is 0 Å². The fraction of sp³-hybridized carbons (Fsp3) is 0.0435. The molecule has 170 valence electrons. The van der Waals surface area contributed by atoms with Crippen LogP contribution in [-0.4, -0.2) is 35.1 Å². The molecule has 0 fully saturated rings. The molecule has 0 spiro atoms. The van der Waals surface area contributed by atoms with Crippen molar-refractivity contribution in [3.05, 3.63) is 103 Å². The van der Waals surface area contributed by atoms with Crippen LogP contribution in [0.15, 0.2) is 60.7 Å². The molecular weight excluding hydrogens is 487 g/mol. The number of hydrogen-bond acceptors (Lipinski definition) is 7. The van der Waals surface area contributed by atoms with Gasteiger partial charge in [0.2, 0.25) is 5.78 Å². The van der Waals surface area contributed by atoms with Gasteiger partial charge in [0.1, 0.15) is 0 Å². The number of anilines is 1. The van der Waals surface area contributed by atoms with Crippen molar-refractivity contribution in [1.29, 1.82) is 0 Å². The van der Waals surface area contributed by atoms with Gasteiger partial charge in [0.05, 0.1) is 37.3 Å². The first-order valence-corrected chi connectivity index (χ1v) is 10.4. The SMILES string of the molecule is O=C(COC(=O)c1ccc2c(c1)C(=O)N(c1ccc(Cl)c(Cl)c1)C2=O)c1cccc([N+](=O)[O-])c1. The molecule has 0 bridgehead atoms. The topological polar surface area (TPSA) is 124 Å². The number of benzene rings is 3. The van der Waals surface area contributed by atoms with E-state index in [1.807, 2.05) is 0 Å². The number of ketones is 1. The Labute approximate surface area is 201 Å². The first kappa shape index (κ1) is 23.1. The van der Waals surface area contributed by atoms with E-state index in [1.54, 1.807) is 0 Å². The number of fused-ring (bicyclic) bond motifs is 1. The Hall–Kier alpha value is -4.08. The number of ether oxygens (including phenoxy) is 1. The van der Waals surface area contributed by atoms with Crippen molar-refractivity contribution in [3.63, 3.8) is 0 Å². The highest BCUT2D eigenvalue weighted by Crippen LogP contribution is 2.33. The number of imide groups is 1. The van der Waals surface area contributed by atoms with Crippen molar-refractivity contribution in [2.75, 3.05) is 11.5 Å². The summed E-state index contributed by atoms with van der Waals surface area (Å²) in [5.74, 6) is -2.81. The fourth-order valence-electron chi connectivity index (χ4n) is 3.32. The van der Waals surface area contributed by atoms with Crippen molar-refractivity contribution < 1.29 is 28.8 Å². The number of Topliss-reactive ketones (excluding diaryl/α,β-unsaturated/α-hetero) is 1. The number of nitro benzene ring substituents is 1. The maximum Gasteiger partial charge on any atom is 0.338 e. The van der Waals surface area contributed by atoms with Crippen LogP contribution in [0.1, 0.15) is 41.4 Å². The van der Waals surface area contributed by atoms with Crippen molar-refractivity contribution >= 4 is 58.1 Å². The average Bonchev–Trinajstić information content (AvgIpc) is 3.08. The molecule has 0 radical (unpaired) electrons. The van der Waals surface area contributed by atoms with E-state index in [0.717, 1.165) is 11.0 Å². The minimum Gasteiger partial charge on any atom is -0.454 e. The third kappa shape index (κ3) is 4.26. The Morgan fingerprint density at radius 1 is 0.882 bits per heavy atom. The number of esters is 1. The van der Waals surface area contributed by atoms with E-state index >= 15 is 0 Å². The predicted molar refractivity (Wildman–Crippen MR) is 122 cm³/mol. The van der Waals surface area contributed by atoms with Gasteiger partial charge in [0.25, 0.3) is 17.5 Å². The summed E-state index contributed by atoms with van der Waals surface area (Å²) in [4.78, 5) is 61.5. The van der Waals surface area contributed by atoms with E-state index in [0.29, 0.717) is 0 Å². The van der Waals surface area contributed by atoms with Crippen molar-refractivity contribution in [2.45, 2.75) is 0 Å². The van der Waals surface area contributed by atoms with Crippen LogP contribution in [0.2, 0.25) is 10.0 Å². The zero-order valence-corrected chi connectivity index (χ0v) is 18.5. The number of nitro groups is 1. The second-order valence-electron chi connectivity index (χ2n) is 7.11. The highest BCUT2D eigenvalue weighted by atomic mass is 35.5. The van der Waals surface area contributed by atoms with Crippen LogP contribution in [-0.2, 0) is 4.74 Å². The van der Waals surface area contributed by atoms with Gasteiger partial charge >= 0.3 is 5.97 Å². The summed E-state index contributed by atoms with van der Waals surface area (Å²) in [7, 11) is 0. The van der Waals surface area contributed by atoms with E-state index in [1.165, 1.54) is 54.6 Å². The maximum absolute atomic E-state index is 12.9. The number of carbonyl (C=O) groups is 4. The van der Waals surface area contributed by atoms with Gasteiger partial charge in [0, 0.05) is 17.7 Å². The number of non-ortho nitro benzene ring substituents is 1. The Morgan fingerprint density at radius 2 is 1.62 bits per heavy atom. The van der Waals surface area contributed by atoms with E-state index < -0.39 is 35.1 Å². The lowest BCUT2D eigenvalue weighted by Gasteiger charge is -2.14. The number of amides is 2. The van der Waals surface area contributed by atoms with Crippen LogP contribution >= 0.6 is 23.2 Å². The van der Waals surface area contributed by atoms with Crippen molar-refractivity contribution in [2.24, 2.45) is 0 Å². The first-order valence-electron chi connectivity index (χ1n) is 9.60. The first-order chi connectivity index (χ1) is 16.2. The van der Waals surface area contributed by atoms with Crippen molar-refractivity contribution in [1.82, 2.24) is 0 Å². The molecule has 0 aromatic heterocycles. The lowest BCUT2D eigenvalue weighted by molar-refractivity contribution is -0.384. The molecule has 3 aromatic rings. The highest BCUT2D eigenvalue weighted by molar-refractivity contribution is 6.42. The molecule has 2 amide bonds. The van der Waals surface area contributed by atoms with Crippen LogP contribution in [0.3, 0.4) is 0 Å². The molecule has 0 atom stereocenters. The van der Waals surface area contributed by atoms with Gasteiger partial charge in [-0.25, -0.2) is 9.69 Å². The predicted octanol–water partition coefficient (Wildman–Crippen LogP) is 4.74. The quantitative estimate of drug-likeness (QED) is 0.158. The second-order valence-corrected chi connectivity index (χ2v) is 7.93. The van der Waals surface area contributed by atoms with E-state index in [2.05, 4.69) is 0 Å². The van der Waals surface area contributed by atoms with Gasteiger partial charge in [-0.3, -0.25) is 24.5 Å². The van der Waals surface area contributed by atoms with Crippen LogP contribution in [0, 0.1) is 10.1 Å². The summed E-state index contributed by atoms with van der Waals surface area (Å²) in [6.07, 6.45) is 0. The zero-order valence-electron chi connectivity index (χ0n) is 17.0. The van der Waals surface area contributed by atoms with Gasteiger partial charge < -0.3 is 4.74 Å². The van der Waals surface area contributed by atoms with Gasteiger partial charge in [0.15, 0.2) is 6.61 Å². The number of hydrogen-bond donors (Lipinski definition) is 0. The lowest BCUT2D eigenvalue weighted by Crippen LogP contribution is -2.29. The summed E-state index contributed by atoms with van der Waals surface area (Å²) in [6.45, 7) is -0.667. The largest absolute Gasteiger partial charge is 0.454 e. The normalized spacial score (nSPS) is 12.5. The molecule has 34 heavy (non-hydrogen) atoms. The van der Waals surface area contributed by atoms with E-state index in [9.17, 15) is 29.3 Å². The molecule has 9 nitrogen and oxygen atoms in total. The van der Waals surface area contributed by atoms with Crippen LogP contribution in [0.4, 0.5) is 11.4 Å². The number of nitrogens with zero attached hydrogens (tertiary/aromatic N) is 2. The molecule has 0 saturated heterocycles. The number of halogens is 2. The molecule has 1 heterocycles. The van der Waals surface area contributed by atoms with Gasteiger partial charge in [-0.15, -0.1) is 0 Å². The third-order valence-corrected chi connectivity index (χ3v) is 5.74. The molecule has 1 aliphatic heterocycles. The number of rotatable bonds is 6. The standard InChI is InChI=1S/C23H12Cl2N2O7/c24-18-7-5-14(10-19(18)25)26-21(29)16-6-4-13(9-17(16)22(26)30)23(31)34-11-20(28)12-2-1-3-15(8-12)27(32)33/h1-10H,11H2. The van der Waals surface area contributed by atoms with Crippen LogP contribution in [0.25, 0.3) is 0 Å². The molecular formula is C23H12Cl2N2O7. The molecule has 3 aromatic carbocycles. The Morgan fingerprint density at radius 3 is 2.32 bits per heavy atom. The maximum atomic E-state index is 12.9. The van der Waals surface area contributed by atoms with E-state index in [4.69, 9.17) is 27.9 Å².